The van der Waals surface area contributed by atoms with E-state index < -0.39 is 8.80 Å². The molecule has 2 heteroatoms. The predicted octanol–water partition coefficient (Wildman–Crippen LogP) is 5.72. The maximum absolute atomic E-state index is 2.40. The Balaban J connectivity index is 1.99. The van der Waals surface area contributed by atoms with Crippen LogP contribution in [0.1, 0.15) is 5.56 Å². The molecule has 1 nitrogen and oxygen atoms in total. The van der Waals surface area contributed by atoms with Crippen molar-refractivity contribution in [2.45, 2.75) is 19.1 Å². The minimum Gasteiger partial charge on any atom is -0.311 e. The molecule has 0 radical (unpaired) electrons. The Morgan fingerprint density at radius 3 is 1.48 bits per heavy atom. The lowest BCUT2D eigenvalue weighted by atomic mass is 10.1. The Hall–Kier alpha value is -2.32. The second kappa shape index (κ2) is 7.29. The summed E-state index contributed by atoms with van der Waals surface area (Å²) in [6.45, 7) is 4.79. The van der Waals surface area contributed by atoms with Gasteiger partial charge in [-0.15, -0.1) is 0 Å². The van der Waals surface area contributed by atoms with E-state index in [1.807, 2.05) is 0 Å². The van der Waals surface area contributed by atoms with Crippen LogP contribution in [-0.4, -0.2) is 8.80 Å². The summed E-state index contributed by atoms with van der Waals surface area (Å²) in [5.41, 5.74) is 5.03. The van der Waals surface area contributed by atoms with E-state index >= 15 is 0 Å². The molecule has 0 unspecified atom stereocenters. The summed E-state index contributed by atoms with van der Waals surface area (Å²) >= 11 is 0. The third-order valence-corrected chi connectivity index (χ3v) is 5.16. The van der Waals surface area contributed by atoms with E-state index in [0.717, 1.165) is 0 Å². The normalized spacial score (nSPS) is 10.7. The van der Waals surface area contributed by atoms with Gasteiger partial charge >= 0.3 is 0 Å². The van der Waals surface area contributed by atoms with Crippen LogP contribution in [0.25, 0.3) is 0 Å². The van der Waals surface area contributed by atoms with Crippen molar-refractivity contribution in [1.82, 2.24) is 0 Å². The largest absolute Gasteiger partial charge is 0.311 e. The van der Waals surface area contributed by atoms with E-state index in [9.17, 15) is 0 Å². The lowest BCUT2D eigenvalue weighted by Gasteiger charge is -2.25. The van der Waals surface area contributed by atoms with Gasteiger partial charge in [0.15, 0.2) is 0 Å². The van der Waals surface area contributed by atoms with Gasteiger partial charge in [-0.25, -0.2) is 0 Å². The van der Waals surface area contributed by atoms with Gasteiger partial charge in [-0.2, -0.15) is 0 Å². The summed E-state index contributed by atoms with van der Waals surface area (Å²) in [5.74, 6) is 0. The van der Waals surface area contributed by atoms with Crippen LogP contribution in [0.15, 0.2) is 84.9 Å². The van der Waals surface area contributed by atoms with Crippen LogP contribution in [0.2, 0.25) is 13.1 Å². The number of para-hydroxylation sites is 2. The Morgan fingerprint density at radius 1 is 0.609 bits per heavy atom. The highest BCUT2D eigenvalue weighted by Gasteiger charge is 2.11. The van der Waals surface area contributed by atoms with Crippen molar-refractivity contribution in [3.8, 4) is 0 Å². The zero-order chi connectivity index (χ0) is 16.1. The standard InChI is InChI=1S/C21H23NSi/c1-23(2)17-18-13-15-21(16-14-18)22(19-9-5-3-6-10-19)20-11-7-4-8-12-20/h3-16,23H,17H2,1-2H3. The smallest absolute Gasteiger partial charge is 0.0461 e. The first kappa shape index (κ1) is 15.6. The average Bonchev–Trinajstić information content (AvgIpc) is 2.58. The third kappa shape index (κ3) is 3.91. The fourth-order valence-corrected chi connectivity index (χ4v) is 4.07. The van der Waals surface area contributed by atoms with Gasteiger partial charge in [-0.1, -0.05) is 67.2 Å². The molecule has 0 N–H and O–H groups in total. The van der Waals surface area contributed by atoms with Crippen molar-refractivity contribution in [2.75, 3.05) is 4.90 Å². The van der Waals surface area contributed by atoms with Crippen molar-refractivity contribution >= 4 is 25.9 Å². The molecular weight excluding hydrogens is 294 g/mol. The van der Waals surface area contributed by atoms with Crippen LogP contribution < -0.4 is 4.90 Å². The molecule has 0 saturated carbocycles. The summed E-state index contributed by atoms with van der Waals surface area (Å²) in [7, 11) is -0.570. The van der Waals surface area contributed by atoms with Crippen molar-refractivity contribution in [3.05, 3.63) is 90.5 Å². The monoisotopic (exact) mass is 317 g/mol. The molecule has 0 spiro atoms. The number of hydrogen-bond acceptors (Lipinski definition) is 1. The molecule has 0 saturated heterocycles. The van der Waals surface area contributed by atoms with Crippen LogP contribution in [0.5, 0.6) is 0 Å². The zero-order valence-electron chi connectivity index (χ0n) is 13.8. The fourth-order valence-electron chi connectivity index (χ4n) is 2.85. The zero-order valence-corrected chi connectivity index (χ0v) is 15.0. The molecule has 0 atom stereocenters. The number of rotatable bonds is 5. The molecule has 0 heterocycles. The summed E-state index contributed by atoms with van der Waals surface area (Å²) in [6, 6.07) is 31.4. The number of hydrogen-bond donors (Lipinski definition) is 0. The first-order valence-corrected chi connectivity index (χ1v) is 11.4. The molecular formula is C21H23NSi. The van der Waals surface area contributed by atoms with Gasteiger partial charge in [0.25, 0.3) is 0 Å². The molecule has 0 amide bonds. The molecule has 0 aromatic heterocycles. The number of anilines is 3. The van der Waals surface area contributed by atoms with E-state index in [4.69, 9.17) is 0 Å². The molecule has 0 aliphatic carbocycles. The van der Waals surface area contributed by atoms with Gasteiger partial charge < -0.3 is 4.90 Å². The van der Waals surface area contributed by atoms with Crippen LogP contribution in [-0.2, 0) is 6.04 Å². The Labute approximate surface area is 140 Å². The second-order valence-corrected chi connectivity index (χ2v) is 9.47. The second-order valence-electron chi connectivity index (χ2n) is 6.27. The van der Waals surface area contributed by atoms with Gasteiger partial charge in [0, 0.05) is 25.9 Å². The van der Waals surface area contributed by atoms with E-state index in [-0.39, 0.29) is 0 Å². The SMILES string of the molecule is C[SiH](C)Cc1ccc(N(c2ccccc2)c2ccccc2)cc1. The van der Waals surface area contributed by atoms with Gasteiger partial charge in [0.05, 0.1) is 0 Å². The van der Waals surface area contributed by atoms with Crippen LogP contribution in [0, 0.1) is 0 Å². The molecule has 0 aliphatic rings. The van der Waals surface area contributed by atoms with Crippen molar-refractivity contribution in [2.24, 2.45) is 0 Å². The third-order valence-electron chi connectivity index (χ3n) is 3.87. The Morgan fingerprint density at radius 2 is 1.04 bits per heavy atom. The lowest BCUT2D eigenvalue weighted by Crippen LogP contribution is -2.10. The highest BCUT2D eigenvalue weighted by atomic mass is 28.3. The quantitative estimate of drug-likeness (QED) is 0.544. The van der Waals surface area contributed by atoms with Gasteiger partial charge in [-0.05, 0) is 42.4 Å². The first-order valence-electron chi connectivity index (χ1n) is 8.23. The topological polar surface area (TPSA) is 3.24 Å². The predicted molar refractivity (Wildman–Crippen MR) is 104 cm³/mol. The van der Waals surface area contributed by atoms with Gasteiger partial charge in [0.1, 0.15) is 0 Å². The molecule has 0 aliphatic heterocycles. The van der Waals surface area contributed by atoms with Gasteiger partial charge in [-0.3, -0.25) is 0 Å². The maximum atomic E-state index is 2.40. The van der Waals surface area contributed by atoms with Crippen LogP contribution in [0.4, 0.5) is 17.1 Å². The highest BCUT2D eigenvalue weighted by molar-refractivity contribution is 6.55. The summed E-state index contributed by atoms with van der Waals surface area (Å²) in [6.07, 6.45) is 0. The molecule has 23 heavy (non-hydrogen) atoms. The number of nitrogens with zero attached hydrogens (tertiary/aromatic N) is 1. The van der Waals surface area contributed by atoms with E-state index in [2.05, 4.69) is 103 Å². The lowest BCUT2D eigenvalue weighted by molar-refractivity contribution is 1.26. The molecule has 3 aromatic carbocycles. The molecule has 3 aromatic rings. The minimum atomic E-state index is -0.570. The molecule has 116 valence electrons. The fraction of sp³-hybridized carbons (Fsp3) is 0.143. The average molecular weight is 318 g/mol. The summed E-state index contributed by atoms with van der Waals surface area (Å²) < 4.78 is 0. The van der Waals surface area contributed by atoms with Crippen LogP contribution >= 0.6 is 0 Å². The summed E-state index contributed by atoms with van der Waals surface area (Å²) in [4.78, 5) is 2.30. The van der Waals surface area contributed by atoms with Crippen molar-refractivity contribution in [3.63, 3.8) is 0 Å². The number of benzene rings is 3. The highest BCUT2D eigenvalue weighted by Crippen LogP contribution is 2.34. The van der Waals surface area contributed by atoms with E-state index in [1.54, 1.807) is 0 Å². The van der Waals surface area contributed by atoms with Gasteiger partial charge in [0.2, 0.25) is 0 Å². The van der Waals surface area contributed by atoms with E-state index in [0.29, 0.717) is 0 Å². The Kier molecular flexibility index (Phi) is 4.94. The van der Waals surface area contributed by atoms with Crippen LogP contribution in [0.3, 0.4) is 0 Å². The van der Waals surface area contributed by atoms with Crippen molar-refractivity contribution in [1.29, 1.82) is 0 Å². The van der Waals surface area contributed by atoms with E-state index in [1.165, 1.54) is 28.7 Å². The minimum absolute atomic E-state index is 0.570. The molecule has 0 bridgehead atoms. The maximum Gasteiger partial charge on any atom is 0.0461 e. The molecule has 3 rings (SSSR count). The van der Waals surface area contributed by atoms with Crippen molar-refractivity contribution < 1.29 is 0 Å². The Bertz CT molecular complexity index is 681. The molecule has 0 fully saturated rings. The summed E-state index contributed by atoms with van der Waals surface area (Å²) in [5, 5.41) is 0. The first-order chi connectivity index (χ1) is 11.2.